The van der Waals surface area contributed by atoms with Crippen LogP contribution >= 0.6 is 12.2 Å². The van der Waals surface area contributed by atoms with E-state index >= 15 is 0 Å². The molecule has 0 saturated heterocycles. The van der Waals surface area contributed by atoms with Crippen LogP contribution in [0.3, 0.4) is 0 Å². The van der Waals surface area contributed by atoms with E-state index in [2.05, 4.69) is 10.6 Å². The molecule has 33 heavy (non-hydrogen) atoms. The first kappa shape index (κ1) is 23.1. The first-order chi connectivity index (χ1) is 15.6. The van der Waals surface area contributed by atoms with E-state index in [1.165, 1.54) is 52.8 Å². The molecule has 0 amide bonds. The molecular weight excluding hydrogens is 471 g/mol. The fraction of sp³-hybridized carbons (Fsp3) is 0.174. The Bertz CT molecular complexity index is 1320. The Morgan fingerprint density at radius 2 is 1.64 bits per heavy atom. The van der Waals surface area contributed by atoms with Crippen molar-refractivity contribution in [1.82, 2.24) is 0 Å². The number of rotatable bonds is 4. The molecule has 5 nitrogen and oxygen atoms in total. The summed E-state index contributed by atoms with van der Waals surface area (Å²) in [6.45, 7) is 1.82. The summed E-state index contributed by atoms with van der Waals surface area (Å²) in [6, 6.07) is 12.8. The van der Waals surface area contributed by atoms with Crippen molar-refractivity contribution in [2.45, 2.75) is 30.7 Å². The van der Waals surface area contributed by atoms with E-state index in [4.69, 9.17) is 12.2 Å². The van der Waals surface area contributed by atoms with Crippen LogP contribution in [0.1, 0.15) is 18.9 Å². The number of nitrogens with one attached hydrogen (secondary N) is 2. The van der Waals surface area contributed by atoms with Crippen molar-refractivity contribution < 1.29 is 21.6 Å². The highest BCUT2D eigenvalue weighted by molar-refractivity contribution is 7.92. The van der Waals surface area contributed by atoms with E-state index in [0.717, 1.165) is 12.1 Å². The molecule has 0 fully saturated rings. The van der Waals surface area contributed by atoms with E-state index in [1.807, 2.05) is 6.92 Å². The number of thiocarbonyl (C=S) groups is 1. The number of hydrogen-bond acceptors (Lipinski definition) is 3. The number of benzene rings is 3. The van der Waals surface area contributed by atoms with Crippen LogP contribution in [0.25, 0.3) is 0 Å². The monoisotopic (exact) mass is 491 g/mol. The molecule has 1 heterocycles. The van der Waals surface area contributed by atoms with Crippen molar-refractivity contribution in [3.63, 3.8) is 0 Å². The maximum atomic E-state index is 13.8. The Morgan fingerprint density at radius 3 is 2.33 bits per heavy atom. The molecule has 0 unspecified atom stereocenters. The summed E-state index contributed by atoms with van der Waals surface area (Å²) in [5.74, 6) is -1.90. The minimum absolute atomic E-state index is 0.00212. The smallest absolute Gasteiger partial charge is 0.264 e. The largest absolute Gasteiger partial charge is 0.332 e. The minimum atomic E-state index is -3.89. The average molecular weight is 492 g/mol. The summed E-state index contributed by atoms with van der Waals surface area (Å²) >= 11 is 5.15. The molecule has 0 radical (unpaired) electrons. The highest BCUT2D eigenvalue weighted by atomic mass is 32.2. The molecule has 1 aliphatic heterocycles. The molecule has 172 valence electrons. The second-order valence-electron chi connectivity index (χ2n) is 7.69. The predicted molar refractivity (Wildman–Crippen MR) is 126 cm³/mol. The molecule has 3 aromatic carbocycles. The molecule has 2 N–H and O–H groups in total. The Labute approximate surface area is 195 Å². The van der Waals surface area contributed by atoms with Crippen molar-refractivity contribution in [2.75, 3.05) is 14.9 Å². The predicted octanol–water partition coefficient (Wildman–Crippen LogP) is 5.44. The van der Waals surface area contributed by atoms with Crippen molar-refractivity contribution in [3.05, 3.63) is 83.7 Å². The van der Waals surface area contributed by atoms with Crippen LogP contribution in [0.15, 0.2) is 65.6 Å². The number of fused-ring (bicyclic) bond motifs is 1. The van der Waals surface area contributed by atoms with Crippen LogP contribution in [0, 0.1) is 17.5 Å². The van der Waals surface area contributed by atoms with Crippen LogP contribution in [-0.2, 0) is 16.4 Å². The third-order valence-electron chi connectivity index (χ3n) is 5.36. The van der Waals surface area contributed by atoms with Gasteiger partial charge >= 0.3 is 0 Å². The van der Waals surface area contributed by atoms with Gasteiger partial charge in [-0.25, -0.2) is 21.6 Å². The zero-order chi connectivity index (χ0) is 23.8. The summed E-state index contributed by atoms with van der Waals surface area (Å²) in [6.07, 6.45) is 1.18. The van der Waals surface area contributed by atoms with E-state index in [-0.39, 0.29) is 21.7 Å². The standard InChI is InChI=1S/C23H20F3N3O2S2/c1-14-2-3-15-12-16(24)5-11-22(15)29(14)33(30,31)19-8-6-18(7-9-19)27-23(32)28-21-10-4-17(25)13-20(21)26/h4-14H,2-3H2,1H3,(H2,27,28,32)/t14-/m1/s1. The first-order valence-electron chi connectivity index (χ1n) is 10.1. The van der Waals surface area contributed by atoms with Crippen LogP contribution < -0.4 is 14.9 Å². The number of aryl methyl sites for hydroxylation is 1. The molecule has 0 bridgehead atoms. The van der Waals surface area contributed by atoms with Gasteiger partial charge in [0.25, 0.3) is 10.0 Å². The summed E-state index contributed by atoms with van der Waals surface area (Å²) < 4.78 is 68.6. The van der Waals surface area contributed by atoms with Gasteiger partial charge in [0, 0.05) is 17.8 Å². The fourth-order valence-corrected chi connectivity index (χ4v) is 5.71. The number of hydrogen-bond donors (Lipinski definition) is 2. The maximum Gasteiger partial charge on any atom is 0.264 e. The molecule has 4 rings (SSSR count). The second kappa shape index (κ2) is 9.03. The topological polar surface area (TPSA) is 61.4 Å². The fourth-order valence-electron chi connectivity index (χ4n) is 3.75. The SMILES string of the molecule is C[C@@H]1CCc2cc(F)ccc2N1S(=O)(=O)c1ccc(NC(=S)Nc2ccc(F)cc2F)cc1. The van der Waals surface area contributed by atoms with E-state index in [9.17, 15) is 21.6 Å². The van der Waals surface area contributed by atoms with Gasteiger partial charge in [0.1, 0.15) is 17.5 Å². The Morgan fingerprint density at radius 1 is 0.970 bits per heavy atom. The van der Waals surface area contributed by atoms with Crippen LogP contribution in [0.5, 0.6) is 0 Å². The normalized spacial score (nSPS) is 15.6. The first-order valence-corrected chi connectivity index (χ1v) is 12.0. The summed E-state index contributed by atoms with van der Waals surface area (Å²) in [7, 11) is -3.89. The number of halogens is 3. The van der Waals surface area contributed by atoms with Crippen LogP contribution in [0.2, 0.25) is 0 Å². The molecule has 0 aliphatic carbocycles. The molecule has 0 spiro atoms. The lowest BCUT2D eigenvalue weighted by Crippen LogP contribution is -2.42. The zero-order valence-electron chi connectivity index (χ0n) is 17.5. The number of sulfonamides is 1. The quantitative estimate of drug-likeness (QED) is 0.476. The van der Waals surface area contributed by atoms with E-state index < -0.39 is 27.5 Å². The maximum absolute atomic E-state index is 13.8. The summed E-state index contributed by atoms with van der Waals surface area (Å²) in [5.41, 5.74) is 1.61. The molecule has 10 heteroatoms. The summed E-state index contributed by atoms with van der Waals surface area (Å²) in [5, 5.41) is 5.51. The van der Waals surface area contributed by atoms with E-state index in [1.54, 1.807) is 0 Å². The lowest BCUT2D eigenvalue weighted by Gasteiger charge is -2.36. The number of nitrogens with zero attached hydrogens (tertiary/aromatic N) is 1. The highest BCUT2D eigenvalue weighted by Crippen LogP contribution is 2.36. The zero-order valence-corrected chi connectivity index (χ0v) is 19.1. The van der Waals surface area contributed by atoms with Gasteiger partial charge < -0.3 is 10.6 Å². The van der Waals surface area contributed by atoms with Gasteiger partial charge in [-0.1, -0.05) is 0 Å². The third kappa shape index (κ3) is 4.81. The molecule has 1 aliphatic rings. The highest BCUT2D eigenvalue weighted by Gasteiger charge is 2.34. The van der Waals surface area contributed by atoms with Gasteiger partial charge in [-0.3, -0.25) is 4.31 Å². The van der Waals surface area contributed by atoms with Gasteiger partial charge in [0.2, 0.25) is 0 Å². The Kier molecular flexibility index (Phi) is 6.31. The van der Waals surface area contributed by atoms with Crippen molar-refractivity contribution in [3.8, 4) is 0 Å². The van der Waals surface area contributed by atoms with Gasteiger partial charge in [0.15, 0.2) is 5.11 Å². The molecule has 1 atom stereocenters. The molecule has 3 aromatic rings. The van der Waals surface area contributed by atoms with Gasteiger partial charge in [-0.15, -0.1) is 0 Å². The van der Waals surface area contributed by atoms with Crippen LogP contribution in [-0.4, -0.2) is 19.6 Å². The second-order valence-corrected chi connectivity index (χ2v) is 9.91. The lowest BCUT2D eigenvalue weighted by molar-refractivity contribution is 0.560. The number of anilines is 3. The minimum Gasteiger partial charge on any atom is -0.332 e. The molecular formula is C23H20F3N3O2S2. The van der Waals surface area contributed by atoms with Crippen molar-refractivity contribution in [2.24, 2.45) is 0 Å². The van der Waals surface area contributed by atoms with E-state index in [0.29, 0.717) is 29.8 Å². The van der Waals surface area contributed by atoms with Crippen molar-refractivity contribution in [1.29, 1.82) is 0 Å². The lowest BCUT2D eigenvalue weighted by atomic mass is 9.99. The van der Waals surface area contributed by atoms with Crippen molar-refractivity contribution >= 4 is 44.4 Å². The summed E-state index contributed by atoms with van der Waals surface area (Å²) in [4.78, 5) is 0.0699. The Hall–Kier alpha value is -3.11. The average Bonchev–Trinajstić information content (AvgIpc) is 2.76. The van der Waals surface area contributed by atoms with Crippen LogP contribution in [0.4, 0.5) is 30.2 Å². The van der Waals surface area contributed by atoms with Gasteiger partial charge in [-0.05, 0) is 92.1 Å². The van der Waals surface area contributed by atoms with Gasteiger partial charge in [0.05, 0.1) is 16.3 Å². The molecule has 0 saturated carbocycles. The van der Waals surface area contributed by atoms with Gasteiger partial charge in [-0.2, -0.15) is 0 Å². The third-order valence-corrected chi connectivity index (χ3v) is 7.51. The molecule has 0 aromatic heterocycles. The Balaban J connectivity index is 1.52.